The zero-order chi connectivity index (χ0) is 24.5. The van der Waals surface area contributed by atoms with Gasteiger partial charge in [-0.25, -0.2) is 15.0 Å². The predicted molar refractivity (Wildman–Crippen MR) is 116 cm³/mol. The van der Waals surface area contributed by atoms with Gasteiger partial charge in [0.15, 0.2) is 17.5 Å². The van der Waals surface area contributed by atoms with Crippen LogP contribution in [0.4, 0.5) is 13.2 Å². The van der Waals surface area contributed by atoms with Crippen LogP contribution in [-0.4, -0.2) is 32.3 Å². The lowest BCUT2D eigenvalue weighted by Gasteiger charge is -2.14. The highest BCUT2D eigenvalue weighted by atomic mass is 19.4. The average molecular weight is 464 g/mol. The van der Waals surface area contributed by atoms with Gasteiger partial charge in [0.2, 0.25) is 0 Å². The van der Waals surface area contributed by atoms with Gasteiger partial charge < -0.3 is 14.9 Å². The fraction of sp³-hybridized carbons (Fsp3) is 0.0833. The number of rotatable bonds is 4. The van der Waals surface area contributed by atoms with Crippen molar-refractivity contribution in [3.8, 4) is 57.5 Å². The quantitative estimate of drug-likeness (QED) is 0.428. The maximum Gasteiger partial charge on any atom is 0.417 e. The summed E-state index contributed by atoms with van der Waals surface area (Å²) in [6, 6.07) is 15.1. The van der Waals surface area contributed by atoms with E-state index >= 15 is 0 Å². The number of para-hydroxylation sites is 1. The van der Waals surface area contributed by atoms with Crippen molar-refractivity contribution in [2.75, 3.05) is 7.11 Å². The maximum absolute atomic E-state index is 13.8. The van der Waals surface area contributed by atoms with Gasteiger partial charge in [-0.2, -0.15) is 18.4 Å². The molecule has 10 heteroatoms. The lowest BCUT2D eigenvalue weighted by atomic mass is 10.0. The number of phenols is 2. The van der Waals surface area contributed by atoms with Crippen molar-refractivity contribution in [1.29, 1.82) is 5.26 Å². The van der Waals surface area contributed by atoms with Crippen LogP contribution in [0.3, 0.4) is 0 Å². The highest BCUT2D eigenvalue weighted by molar-refractivity contribution is 5.73. The molecule has 0 spiro atoms. The van der Waals surface area contributed by atoms with Crippen molar-refractivity contribution in [2.24, 2.45) is 0 Å². The normalized spacial score (nSPS) is 11.1. The minimum Gasteiger partial charge on any atom is -0.507 e. The molecule has 0 fully saturated rings. The summed E-state index contributed by atoms with van der Waals surface area (Å²) in [4.78, 5) is 12.7. The number of methoxy groups -OCH3 is 1. The van der Waals surface area contributed by atoms with Crippen LogP contribution in [0.5, 0.6) is 17.2 Å². The smallest absolute Gasteiger partial charge is 0.417 e. The van der Waals surface area contributed by atoms with Crippen molar-refractivity contribution in [3.05, 3.63) is 71.8 Å². The number of alkyl halides is 3. The highest BCUT2D eigenvalue weighted by Crippen LogP contribution is 2.39. The van der Waals surface area contributed by atoms with Gasteiger partial charge in [-0.3, -0.25) is 0 Å². The Hall–Kier alpha value is -4.65. The molecule has 34 heavy (non-hydrogen) atoms. The molecule has 0 unspecified atom stereocenters. The molecule has 1 heterocycles. The Morgan fingerprint density at radius 2 is 1.38 bits per heavy atom. The van der Waals surface area contributed by atoms with E-state index in [9.17, 15) is 23.4 Å². The Morgan fingerprint density at radius 3 is 1.94 bits per heavy atom. The zero-order valence-electron chi connectivity index (χ0n) is 17.5. The van der Waals surface area contributed by atoms with E-state index in [-0.39, 0.29) is 51.2 Å². The van der Waals surface area contributed by atoms with Crippen LogP contribution < -0.4 is 4.74 Å². The number of hydrogen-bond acceptors (Lipinski definition) is 7. The molecule has 0 aliphatic carbocycles. The molecule has 7 nitrogen and oxygen atoms in total. The number of nitrogens with zero attached hydrogens (tertiary/aromatic N) is 4. The largest absolute Gasteiger partial charge is 0.507 e. The summed E-state index contributed by atoms with van der Waals surface area (Å²) in [7, 11) is 1.41. The predicted octanol–water partition coefficient (Wildman–Crippen LogP) is 5.18. The first-order chi connectivity index (χ1) is 16.2. The van der Waals surface area contributed by atoms with Gasteiger partial charge in [0.05, 0.1) is 35.4 Å². The summed E-state index contributed by atoms with van der Waals surface area (Å²) in [5.41, 5.74) is -1.41. The van der Waals surface area contributed by atoms with Crippen LogP contribution in [0.15, 0.2) is 60.7 Å². The molecular weight excluding hydrogens is 449 g/mol. The van der Waals surface area contributed by atoms with Gasteiger partial charge >= 0.3 is 6.18 Å². The van der Waals surface area contributed by atoms with Gasteiger partial charge in [0.25, 0.3) is 0 Å². The molecule has 1 aromatic heterocycles. The summed E-state index contributed by atoms with van der Waals surface area (Å²) in [5.74, 6) is -0.694. The molecule has 4 rings (SSSR count). The first-order valence-electron chi connectivity index (χ1n) is 9.75. The van der Waals surface area contributed by atoms with Gasteiger partial charge in [0.1, 0.15) is 17.2 Å². The van der Waals surface area contributed by atoms with Gasteiger partial charge in [-0.1, -0.05) is 12.1 Å². The summed E-state index contributed by atoms with van der Waals surface area (Å²) >= 11 is 0. The number of ether oxygens (including phenoxy) is 1. The Labute approximate surface area is 191 Å². The molecule has 0 saturated carbocycles. The van der Waals surface area contributed by atoms with Crippen molar-refractivity contribution in [2.45, 2.75) is 6.18 Å². The molecular formula is C24H15F3N4O3. The molecule has 0 aliphatic heterocycles. The zero-order valence-corrected chi connectivity index (χ0v) is 17.5. The third-order valence-electron chi connectivity index (χ3n) is 4.92. The van der Waals surface area contributed by atoms with E-state index in [0.29, 0.717) is 11.8 Å². The molecule has 3 aromatic carbocycles. The van der Waals surface area contributed by atoms with Crippen LogP contribution in [0.2, 0.25) is 0 Å². The van der Waals surface area contributed by atoms with Crippen molar-refractivity contribution < 1.29 is 28.1 Å². The topological polar surface area (TPSA) is 112 Å². The summed E-state index contributed by atoms with van der Waals surface area (Å²) < 4.78 is 46.6. The SMILES string of the molecule is COc1ccc(-c2nc(-c3ccccc3O)nc(-c3ccc(C#N)cc3C(F)(F)F)n2)c(O)c1. The van der Waals surface area contributed by atoms with E-state index in [1.165, 1.54) is 43.5 Å². The number of hydrogen-bond donors (Lipinski definition) is 2. The van der Waals surface area contributed by atoms with E-state index in [1.54, 1.807) is 18.2 Å². The number of aromatic hydroxyl groups is 2. The van der Waals surface area contributed by atoms with Crippen LogP contribution in [0.25, 0.3) is 34.2 Å². The molecule has 170 valence electrons. The molecule has 0 aliphatic rings. The fourth-order valence-electron chi connectivity index (χ4n) is 3.27. The lowest BCUT2D eigenvalue weighted by Crippen LogP contribution is -2.10. The number of phenolic OH excluding ortho intramolecular Hbond substituents is 2. The number of nitriles is 1. The molecule has 2 N–H and O–H groups in total. The summed E-state index contributed by atoms with van der Waals surface area (Å²) in [5, 5.41) is 29.8. The van der Waals surface area contributed by atoms with E-state index in [4.69, 9.17) is 10.00 Å². The Kier molecular flexibility index (Phi) is 5.77. The monoisotopic (exact) mass is 464 g/mol. The Balaban J connectivity index is 2.02. The van der Waals surface area contributed by atoms with E-state index in [2.05, 4.69) is 15.0 Å². The second kappa shape index (κ2) is 8.71. The Morgan fingerprint density at radius 1 is 0.794 bits per heavy atom. The number of halogens is 3. The summed E-state index contributed by atoms with van der Waals surface area (Å²) in [6.07, 6.45) is -4.80. The molecule has 0 saturated heterocycles. The number of aromatic nitrogens is 3. The van der Waals surface area contributed by atoms with Crippen molar-refractivity contribution in [3.63, 3.8) is 0 Å². The fourth-order valence-corrected chi connectivity index (χ4v) is 3.27. The van der Waals surface area contributed by atoms with Crippen LogP contribution >= 0.6 is 0 Å². The van der Waals surface area contributed by atoms with E-state index < -0.39 is 11.7 Å². The molecule has 0 radical (unpaired) electrons. The third-order valence-corrected chi connectivity index (χ3v) is 4.92. The lowest BCUT2D eigenvalue weighted by molar-refractivity contribution is -0.137. The van der Waals surface area contributed by atoms with Gasteiger partial charge in [-0.15, -0.1) is 0 Å². The molecule has 4 aromatic rings. The molecule has 0 bridgehead atoms. The van der Waals surface area contributed by atoms with Crippen molar-refractivity contribution in [1.82, 2.24) is 15.0 Å². The average Bonchev–Trinajstić information content (AvgIpc) is 2.83. The minimum absolute atomic E-state index is 0.106. The van der Waals surface area contributed by atoms with Crippen LogP contribution in [0, 0.1) is 11.3 Å². The van der Waals surface area contributed by atoms with E-state index in [0.717, 1.165) is 6.07 Å². The van der Waals surface area contributed by atoms with Crippen LogP contribution in [-0.2, 0) is 6.18 Å². The van der Waals surface area contributed by atoms with Crippen molar-refractivity contribution >= 4 is 0 Å². The van der Waals surface area contributed by atoms with Gasteiger partial charge in [-0.05, 0) is 42.5 Å². The molecule has 0 atom stereocenters. The van der Waals surface area contributed by atoms with Crippen LogP contribution in [0.1, 0.15) is 11.1 Å². The minimum atomic E-state index is -4.80. The second-order valence-electron chi connectivity index (χ2n) is 7.08. The first-order valence-corrected chi connectivity index (χ1v) is 9.75. The third kappa shape index (κ3) is 4.31. The standard InChI is InChI=1S/C24H15F3N4O3/c1-34-14-7-9-17(20(33)11-14)23-30-21(29-22(31-23)16-4-2-3-5-19(16)32)15-8-6-13(12-28)10-18(15)24(25,26)27/h2-11,32-33H,1H3. The summed E-state index contributed by atoms with van der Waals surface area (Å²) in [6.45, 7) is 0. The van der Waals surface area contributed by atoms with E-state index in [1.807, 2.05) is 0 Å². The highest BCUT2D eigenvalue weighted by Gasteiger charge is 2.35. The molecule has 0 amide bonds. The number of benzene rings is 3. The second-order valence-corrected chi connectivity index (χ2v) is 7.08. The first kappa shape index (κ1) is 22.5. The Bertz CT molecular complexity index is 1430. The van der Waals surface area contributed by atoms with Gasteiger partial charge in [0, 0.05) is 11.6 Å². The maximum atomic E-state index is 13.8.